The monoisotopic (exact) mass is 601 g/mol. The van der Waals surface area contributed by atoms with Crippen molar-refractivity contribution < 1.29 is 19.1 Å². The van der Waals surface area contributed by atoms with E-state index >= 15 is 0 Å². The van der Waals surface area contributed by atoms with Crippen molar-refractivity contribution in [3.63, 3.8) is 0 Å². The maximum absolute atomic E-state index is 14.2. The Hall–Kier alpha value is -3.88. The van der Waals surface area contributed by atoms with Crippen LogP contribution in [0.2, 0.25) is 0 Å². The summed E-state index contributed by atoms with van der Waals surface area (Å²) in [6.07, 6.45) is 10.5. The van der Waals surface area contributed by atoms with E-state index in [0.717, 1.165) is 59.6 Å². The molecule has 3 aromatic rings. The zero-order valence-electron chi connectivity index (χ0n) is 26.8. The van der Waals surface area contributed by atoms with Gasteiger partial charge in [-0.1, -0.05) is 12.1 Å². The summed E-state index contributed by atoms with van der Waals surface area (Å²) in [6, 6.07) is 12.7. The van der Waals surface area contributed by atoms with Gasteiger partial charge in [-0.2, -0.15) is 5.10 Å². The van der Waals surface area contributed by atoms with Gasteiger partial charge in [0.25, 0.3) is 0 Å². The largest absolute Gasteiger partial charge is 0.495 e. The Morgan fingerprint density at radius 2 is 1.77 bits per heavy atom. The van der Waals surface area contributed by atoms with Crippen LogP contribution in [-0.2, 0) is 9.53 Å². The minimum Gasteiger partial charge on any atom is -0.495 e. The van der Waals surface area contributed by atoms with Crippen LogP contribution in [0.1, 0.15) is 88.6 Å². The third-order valence-corrected chi connectivity index (χ3v) is 9.37. The Morgan fingerprint density at radius 3 is 2.41 bits per heavy atom. The van der Waals surface area contributed by atoms with Gasteiger partial charge in [0.1, 0.15) is 11.9 Å². The summed E-state index contributed by atoms with van der Waals surface area (Å²) in [5.74, 6) is 1.75. The fourth-order valence-electron chi connectivity index (χ4n) is 6.71. The first-order valence-electron chi connectivity index (χ1n) is 16.1. The number of carbonyl (C=O) groups is 2. The lowest BCUT2D eigenvalue weighted by atomic mass is 9.79. The Bertz CT molecular complexity index is 1420. The molecule has 0 unspecified atom stereocenters. The van der Waals surface area contributed by atoms with Crippen molar-refractivity contribution in [2.45, 2.75) is 90.2 Å². The Labute approximate surface area is 261 Å². The lowest BCUT2D eigenvalue weighted by Crippen LogP contribution is -2.42. The van der Waals surface area contributed by atoms with Gasteiger partial charge in [-0.15, -0.1) is 0 Å². The summed E-state index contributed by atoms with van der Waals surface area (Å²) in [7, 11) is 3.25. The van der Waals surface area contributed by atoms with E-state index in [4.69, 9.17) is 14.5 Å². The maximum atomic E-state index is 14.2. The lowest BCUT2D eigenvalue weighted by Gasteiger charge is -2.36. The second-order valence-corrected chi connectivity index (χ2v) is 12.7. The van der Waals surface area contributed by atoms with E-state index in [1.165, 1.54) is 0 Å². The molecular formula is C35H47N5O4. The van der Waals surface area contributed by atoms with Crippen molar-refractivity contribution in [3.05, 3.63) is 60.2 Å². The highest BCUT2D eigenvalue weighted by Crippen LogP contribution is 2.38. The van der Waals surface area contributed by atoms with E-state index in [9.17, 15) is 9.59 Å². The average molecular weight is 602 g/mol. The summed E-state index contributed by atoms with van der Waals surface area (Å²) in [5.41, 5.74) is 5.10. The van der Waals surface area contributed by atoms with Gasteiger partial charge in [0.05, 0.1) is 19.0 Å². The van der Waals surface area contributed by atoms with Crippen molar-refractivity contribution in [3.8, 4) is 16.9 Å². The number of nitrogens with zero attached hydrogens (tertiary/aromatic N) is 4. The van der Waals surface area contributed by atoms with Gasteiger partial charge < -0.3 is 19.7 Å². The standard InChI is InChI=1S/C35H47N5O4/c1-23(2)40-22-29(20-37-40)28-7-6-8-30(19-28)39(34(41)27-13-15-31(16-14-27)44-35(42)36-4)21-25-9-11-26(12-10-25)32-17-18-33(43-5)24(3)38-32/h6-8,17-20,22-23,25-27,31H,9-16,21H2,1-5H3,(H,36,42). The van der Waals surface area contributed by atoms with Crippen molar-refractivity contribution in [2.75, 3.05) is 25.6 Å². The maximum Gasteiger partial charge on any atom is 0.407 e. The molecule has 9 heteroatoms. The number of nitrogens with one attached hydrogen (secondary N) is 1. The number of aromatic nitrogens is 3. The van der Waals surface area contributed by atoms with Gasteiger partial charge in [0, 0.05) is 54.6 Å². The van der Waals surface area contributed by atoms with E-state index in [-0.39, 0.29) is 24.0 Å². The third kappa shape index (κ3) is 7.42. The molecule has 44 heavy (non-hydrogen) atoms. The average Bonchev–Trinajstić information content (AvgIpc) is 3.55. The number of rotatable bonds is 9. The molecule has 1 N–H and O–H groups in total. The topological polar surface area (TPSA) is 98.6 Å². The van der Waals surface area contributed by atoms with Crippen molar-refractivity contribution in [1.82, 2.24) is 20.1 Å². The molecule has 2 saturated carbocycles. The Kier molecular flexibility index (Phi) is 10.2. The number of amides is 2. The molecule has 0 atom stereocenters. The molecule has 2 aliphatic carbocycles. The first kappa shape index (κ1) is 31.5. The van der Waals surface area contributed by atoms with Gasteiger partial charge >= 0.3 is 6.09 Å². The van der Waals surface area contributed by atoms with Crippen LogP contribution in [-0.4, -0.2) is 53.6 Å². The summed E-state index contributed by atoms with van der Waals surface area (Å²) in [4.78, 5) is 32.9. The second-order valence-electron chi connectivity index (χ2n) is 12.7. The molecule has 236 valence electrons. The fraction of sp³-hybridized carbons (Fsp3) is 0.543. The summed E-state index contributed by atoms with van der Waals surface area (Å²) in [5, 5.41) is 7.06. The highest BCUT2D eigenvalue weighted by molar-refractivity contribution is 5.95. The van der Waals surface area contributed by atoms with Crippen molar-refractivity contribution >= 4 is 17.7 Å². The molecule has 5 rings (SSSR count). The van der Waals surface area contributed by atoms with Gasteiger partial charge in [0.15, 0.2) is 0 Å². The Balaban J connectivity index is 1.32. The molecule has 2 heterocycles. The van der Waals surface area contributed by atoms with Crippen LogP contribution in [0.25, 0.3) is 11.1 Å². The minimum absolute atomic E-state index is 0.0882. The molecule has 9 nitrogen and oxygen atoms in total. The number of carbonyl (C=O) groups excluding carboxylic acids is 2. The fourth-order valence-corrected chi connectivity index (χ4v) is 6.71. The summed E-state index contributed by atoms with van der Waals surface area (Å²) in [6.45, 7) is 6.92. The first-order chi connectivity index (χ1) is 21.2. The number of methoxy groups -OCH3 is 1. The molecule has 0 aliphatic heterocycles. The number of alkyl carbamates (subject to hydrolysis) is 1. The van der Waals surface area contributed by atoms with Crippen LogP contribution < -0.4 is 15.0 Å². The number of aryl methyl sites for hydroxylation is 1. The third-order valence-electron chi connectivity index (χ3n) is 9.37. The zero-order valence-corrected chi connectivity index (χ0v) is 26.8. The summed E-state index contributed by atoms with van der Waals surface area (Å²) < 4.78 is 12.9. The molecule has 2 fully saturated rings. The van der Waals surface area contributed by atoms with E-state index in [1.807, 2.05) is 34.8 Å². The van der Waals surface area contributed by atoms with E-state index in [0.29, 0.717) is 44.1 Å². The molecule has 0 bridgehead atoms. The minimum atomic E-state index is -0.408. The zero-order chi connectivity index (χ0) is 31.2. The van der Waals surface area contributed by atoms with Crippen LogP contribution in [0.15, 0.2) is 48.8 Å². The quantitative estimate of drug-likeness (QED) is 0.282. The first-order valence-corrected chi connectivity index (χ1v) is 16.1. The number of hydrogen-bond donors (Lipinski definition) is 1. The van der Waals surface area contributed by atoms with E-state index < -0.39 is 6.09 Å². The lowest BCUT2D eigenvalue weighted by molar-refractivity contribution is -0.124. The molecular weight excluding hydrogens is 554 g/mol. The normalized spacial score (nSPS) is 22.0. The predicted octanol–water partition coefficient (Wildman–Crippen LogP) is 7.06. The molecule has 2 aliphatic rings. The molecule has 2 amide bonds. The highest BCUT2D eigenvalue weighted by Gasteiger charge is 2.34. The molecule has 0 saturated heterocycles. The second kappa shape index (κ2) is 14.3. The number of benzene rings is 1. The number of hydrogen-bond acceptors (Lipinski definition) is 6. The van der Waals surface area contributed by atoms with Crippen molar-refractivity contribution in [2.24, 2.45) is 11.8 Å². The van der Waals surface area contributed by atoms with Gasteiger partial charge in [0.2, 0.25) is 5.91 Å². The highest BCUT2D eigenvalue weighted by atomic mass is 16.6. The van der Waals surface area contributed by atoms with E-state index in [1.54, 1.807) is 14.2 Å². The van der Waals surface area contributed by atoms with Crippen LogP contribution >= 0.6 is 0 Å². The van der Waals surface area contributed by atoms with Gasteiger partial charge in [-0.05, 0) is 108 Å². The van der Waals surface area contributed by atoms with Crippen LogP contribution in [0.3, 0.4) is 0 Å². The van der Waals surface area contributed by atoms with Gasteiger partial charge in [-0.25, -0.2) is 4.79 Å². The predicted molar refractivity (Wildman–Crippen MR) is 172 cm³/mol. The molecule has 1 aromatic carbocycles. The smallest absolute Gasteiger partial charge is 0.407 e. The number of pyridine rings is 1. The SMILES string of the molecule is CNC(=O)OC1CCC(C(=O)N(CC2CCC(c3ccc(OC)c(C)n3)CC2)c2cccc(-c3cnn(C(C)C)c3)c2)CC1. The number of ether oxygens (including phenoxy) is 2. The summed E-state index contributed by atoms with van der Waals surface area (Å²) >= 11 is 0. The Morgan fingerprint density at radius 1 is 1.02 bits per heavy atom. The van der Waals surface area contributed by atoms with Crippen LogP contribution in [0.5, 0.6) is 5.75 Å². The van der Waals surface area contributed by atoms with E-state index in [2.05, 4.69) is 54.7 Å². The van der Waals surface area contributed by atoms with Crippen LogP contribution in [0, 0.1) is 18.8 Å². The number of anilines is 1. The molecule has 2 aromatic heterocycles. The molecule has 0 radical (unpaired) electrons. The van der Waals surface area contributed by atoms with Crippen molar-refractivity contribution in [1.29, 1.82) is 0 Å². The molecule has 0 spiro atoms. The van der Waals surface area contributed by atoms with Crippen LogP contribution in [0.4, 0.5) is 10.5 Å². The van der Waals surface area contributed by atoms with Gasteiger partial charge in [-0.3, -0.25) is 14.5 Å².